The van der Waals surface area contributed by atoms with E-state index in [-0.39, 0.29) is 0 Å². The van der Waals surface area contributed by atoms with Gasteiger partial charge in [0.15, 0.2) is 0 Å². The van der Waals surface area contributed by atoms with Crippen LogP contribution in [0.3, 0.4) is 0 Å². The van der Waals surface area contributed by atoms with Crippen LogP contribution in [0.5, 0.6) is 0 Å². The Kier molecular flexibility index (Phi) is 4.20. The Morgan fingerprint density at radius 2 is 2.37 bits per heavy atom. The molecule has 0 aliphatic carbocycles. The SMILES string of the molecule is CCCNCc1nnc(-c2cc3c(s2)CCSC3)o1. The molecule has 1 N–H and O–H groups in total. The van der Waals surface area contributed by atoms with Gasteiger partial charge in [0, 0.05) is 10.6 Å². The highest BCUT2D eigenvalue weighted by Gasteiger charge is 2.17. The van der Waals surface area contributed by atoms with Crippen molar-refractivity contribution in [2.75, 3.05) is 12.3 Å². The third-order valence-electron chi connectivity index (χ3n) is 3.01. The summed E-state index contributed by atoms with van der Waals surface area (Å²) in [6, 6.07) is 2.21. The lowest BCUT2D eigenvalue weighted by atomic mass is 10.2. The van der Waals surface area contributed by atoms with E-state index in [2.05, 4.69) is 28.5 Å². The molecule has 3 rings (SSSR count). The zero-order chi connectivity index (χ0) is 13.1. The number of hydrogen-bond acceptors (Lipinski definition) is 6. The molecular weight excluding hydrogens is 278 g/mol. The summed E-state index contributed by atoms with van der Waals surface area (Å²) >= 11 is 3.80. The fourth-order valence-corrected chi connectivity index (χ4v) is 4.34. The predicted octanol–water partition coefficient (Wildman–Crippen LogP) is 3.09. The summed E-state index contributed by atoms with van der Waals surface area (Å²) in [7, 11) is 0. The van der Waals surface area contributed by atoms with Gasteiger partial charge in [-0.1, -0.05) is 6.92 Å². The van der Waals surface area contributed by atoms with Gasteiger partial charge in [-0.2, -0.15) is 11.8 Å². The van der Waals surface area contributed by atoms with Crippen LogP contribution in [0.25, 0.3) is 10.8 Å². The maximum absolute atomic E-state index is 5.71. The molecule has 0 saturated heterocycles. The number of thiophene rings is 1. The largest absolute Gasteiger partial charge is 0.419 e. The molecule has 4 nitrogen and oxygen atoms in total. The lowest BCUT2D eigenvalue weighted by molar-refractivity contribution is 0.478. The number of hydrogen-bond donors (Lipinski definition) is 1. The predicted molar refractivity (Wildman–Crippen MR) is 79.5 cm³/mol. The van der Waals surface area contributed by atoms with Crippen LogP contribution in [0, 0.1) is 0 Å². The van der Waals surface area contributed by atoms with Crippen molar-refractivity contribution in [2.45, 2.75) is 32.1 Å². The number of nitrogens with zero attached hydrogens (tertiary/aromatic N) is 2. The molecule has 0 fully saturated rings. The average Bonchev–Trinajstić information content (AvgIpc) is 3.04. The van der Waals surface area contributed by atoms with Crippen molar-refractivity contribution in [3.8, 4) is 10.8 Å². The van der Waals surface area contributed by atoms with Crippen molar-refractivity contribution in [2.24, 2.45) is 0 Å². The van der Waals surface area contributed by atoms with Crippen LogP contribution in [0.15, 0.2) is 10.5 Å². The maximum Gasteiger partial charge on any atom is 0.257 e. The maximum atomic E-state index is 5.71. The summed E-state index contributed by atoms with van der Waals surface area (Å²) in [5.74, 6) is 3.68. The van der Waals surface area contributed by atoms with Crippen LogP contribution < -0.4 is 5.32 Å². The Balaban J connectivity index is 1.73. The molecule has 2 aromatic heterocycles. The fraction of sp³-hybridized carbons (Fsp3) is 0.538. The number of thioether (sulfide) groups is 1. The van der Waals surface area contributed by atoms with E-state index in [1.165, 1.54) is 22.6 Å². The van der Waals surface area contributed by atoms with E-state index in [4.69, 9.17) is 4.42 Å². The quantitative estimate of drug-likeness (QED) is 0.859. The second kappa shape index (κ2) is 6.07. The standard InChI is InChI=1S/C13H17N3OS2/c1-2-4-14-7-12-15-16-13(17-12)11-6-9-8-18-5-3-10(9)19-11/h6,14H,2-5,7-8H2,1H3. The monoisotopic (exact) mass is 295 g/mol. The molecule has 0 radical (unpaired) electrons. The molecule has 6 heteroatoms. The first kappa shape index (κ1) is 13.1. The van der Waals surface area contributed by atoms with Gasteiger partial charge in [-0.05, 0) is 36.8 Å². The number of fused-ring (bicyclic) bond motifs is 1. The van der Waals surface area contributed by atoms with Crippen molar-refractivity contribution in [1.82, 2.24) is 15.5 Å². The van der Waals surface area contributed by atoms with Crippen LogP contribution in [-0.2, 0) is 18.7 Å². The topological polar surface area (TPSA) is 51.0 Å². The smallest absolute Gasteiger partial charge is 0.257 e. The fourth-order valence-electron chi connectivity index (χ4n) is 2.05. The molecule has 1 aliphatic rings. The molecule has 0 atom stereocenters. The van der Waals surface area contributed by atoms with E-state index in [0.717, 1.165) is 23.6 Å². The first-order chi connectivity index (χ1) is 9.36. The summed E-state index contributed by atoms with van der Waals surface area (Å²) in [6.07, 6.45) is 2.28. The molecule has 102 valence electrons. The van der Waals surface area contributed by atoms with E-state index in [0.29, 0.717) is 18.3 Å². The Bertz CT molecular complexity index is 526. The van der Waals surface area contributed by atoms with Crippen molar-refractivity contribution in [3.05, 3.63) is 22.4 Å². The summed E-state index contributed by atoms with van der Waals surface area (Å²) in [5, 5.41) is 11.5. The van der Waals surface area contributed by atoms with Crippen LogP contribution in [0.1, 0.15) is 29.7 Å². The first-order valence-electron chi connectivity index (χ1n) is 6.59. The lowest BCUT2D eigenvalue weighted by Gasteiger charge is -2.08. The summed E-state index contributed by atoms with van der Waals surface area (Å²) in [6.45, 7) is 3.77. The molecule has 0 bridgehead atoms. The van der Waals surface area contributed by atoms with E-state index in [9.17, 15) is 0 Å². The van der Waals surface area contributed by atoms with Gasteiger partial charge >= 0.3 is 0 Å². The number of rotatable bonds is 5. The molecule has 0 aromatic carbocycles. The lowest BCUT2D eigenvalue weighted by Crippen LogP contribution is -2.13. The molecule has 0 amide bonds. The van der Waals surface area contributed by atoms with E-state index < -0.39 is 0 Å². The number of nitrogens with one attached hydrogen (secondary N) is 1. The van der Waals surface area contributed by atoms with Gasteiger partial charge in [0.1, 0.15) is 0 Å². The van der Waals surface area contributed by atoms with Gasteiger partial charge < -0.3 is 9.73 Å². The summed E-state index contributed by atoms with van der Waals surface area (Å²) in [4.78, 5) is 2.60. The van der Waals surface area contributed by atoms with Crippen molar-refractivity contribution >= 4 is 23.1 Å². The van der Waals surface area contributed by atoms with Gasteiger partial charge in [-0.15, -0.1) is 21.5 Å². The highest BCUT2D eigenvalue weighted by Crippen LogP contribution is 2.36. The Labute approximate surface area is 121 Å². The Morgan fingerprint density at radius 1 is 1.42 bits per heavy atom. The normalized spacial score (nSPS) is 14.6. The number of aromatic nitrogens is 2. The Hall–Kier alpha value is -0.850. The Morgan fingerprint density at radius 3 is 3.21 bits per heavy atom. The van der Waals surface area contributed by atoms with Gasteiger partial charge in [-0.3, -0.25) is 0 Å². The van der Waals surface area contributed by atoms with Crippen molar-refractivity contribution < 1.29 is 4.42 Å². The summed E-state index contributed by atoms with van der Waals surface area (Å²) in [5.41, 5.74) is 1.44. The van der Waals surface area contributed by atoms with Gasteiger partial charge in [0.05, 0.1) is 11.4 Å². The van der Waals surface area contributed by atoms with Crippen LogP contribution >= 0.6 is 23.1 Å². The van der Waals surface area contributed by atoms with Gasteiger partial charge in [0.25, 0.3) is 5.89 Å². The molecular formula is C13H17N3OS2. The minimum absolute atomic E-state index is 0.655. The molecule has 19 heavy (non-hydrogen) atoms. The third kappa shape index (κ3) is 3.01. The molecule has 0 spiro atoms. The minimum atomic E-state index is 0.655. The minimum Gasteiger partial charge on any atom is -0.419 e. The highest BCUT2D eigenvalue weighted by molar-refractivity contribution is 7.98. The van der Waals surface area contributed by atoms with Gasteiger partial charge in [0.2, 0.25) is 5.89 Å². The summed E-state index contributed by atoms with van der Waals surface area (Å²) < 4.78 is 5.71. The first-order valence-corrected chi connectivity index (χ1v) is 8.56. The van der Waals surface area contributed by atoms with E-state index in [1.807, 2.05) is 11.8 Å². The molecule has 0 saturated carbocycles. The second-order valence-corrected chi connectivity index (χ2v) is 6.78. The zero-order valence-corrected chi connectivity index (χ0v) is 12.6. The molecule has 3 heterocycles. The zero-order valence-electron chi connectivity index (χ0n) is 10.9. The molecule has 0 unspecified atom stereocenters. The molecule has 1 aliphatic heterocycles. The van der Waals surface area contributed by atoms with Crippen LogP contribution in [-0.4, -0.2) is 22.5 Å². The van der Waals surface area contributed by atoms with Crippen molar-refractivity contribution in [1.29, 1.82) is 0 Å². The van der Waals surface area contributed by atoms with Crippen LogP contribution in [0.2, 0.25) is 0 Å². The third-order valence-corrected chi connectivity index (χ3v) is 5.24. The molecule has 2 aromatic rings. The van der Waals surface area contributed by atoms with E-state index in [1.54, 1.807) is 11.3 Å². The second-order valence-electron chi connectivity index (χ2n) is 4.54. The highest BCUT2D eigenvalue weighted by atomic mass is 32.2. The van der Waals surface area contributed by atoms with E-state index >= 15 is 0 Å². The average molecular weight is 295 g/mol. The van der Waals surface area contributed by atoms with Crippen molar-refractivity contribution in [3.63, 3.8) is 0 Å². The van der Waals surface area contributed by atoms with Crippen LogP contribution in [0.4, 0.5) is 0 Å². The van der Waals surface area contributed by atoms with Gasteiger partial charge in [-0.25, -0.2) is 0 Å². The number of aryl methyl sites for hydroxylation is 1.